The summed E-state index contributed by atoms with van der Waals surface area (Å²) in [4.78, 5) is 11.7. The monoisotopic (exact) mass is 297 g/mol. The first kappa shape index (κ1) is 14.8. The van der Waals surface area contributed by atoms with Gasteiger partial charge in [0.2, 0.25) is 5.91 Å². The van der Waals surface area contributed by atoms with Gasteiger partial charge in [-0.1, -0.05) is 17.3 Å². The lowest BCUT2D eigenvalue weighted by atomic mass is 10.3. The summed E-state index contributed by atoms with van der Waals surface area (Å²) in [5, 5.41) is 8.82. The summed E-state index contributed by atoms with van der Waals surface area (Å²) < 4.78 is 33.6. The number of benzene rings is 1. The average molecular weight is 297 g/mol. The molecule has 1 heterocycles. The molecule has 8 heteroatoms. The Morgan fingerprint density at radius 1 is 1.43 bits per heavy atom. The molecule has 0 bridgehead atoms. The van der Waals surface area contributed by atoms with E-state index in [0.29, 0.717) is 11.4 Å². The van der Waals surface area contributed by atoms with Crippen LogP contribution in [0.15, 0.2) is 34.9 Å². The summed E-state index contributed by atoms with van der Waals surface area (Å²) in [5.41, 5.74) is 0.296. The first-order valence-electron chi connectivity index (χ1n) is 6.05. The molecule has 0 unspecified atom stereocenters. The van der Waals surface area contributed by atoms with Crippen molar-refractivity contribution in [2.75, 3.05) is 17.2 Å². The second kappa shape index (κ2) is 6.69. The lowest BCUT2D eigenvalue weighted by Gasteiger charge is -2.11. The van der Waals surface area contributed by atoms with Crippen molar-refractivity contribution in [3.8, 4) is 5.75 Å². The zero-order valence-electron chi connectivity index (χ0n) is 11.1. The SMILES string of the molecule is Cc1cc(NC(=O)CNc2ccccc2OC(F)F)no1. The Balaban J connectivity index is 1.92. The minimum atomic E-state index is -2.93. The molecule has 112 valence electrons. The third-order valence-corrected chi connectivity index (χ3v) is 2.44. The molecule has 2 aromatic rings. The predicted octanol–water partition coefficient (Wildman–Crippen LogP) is 2.64. The molecule has 6 nitrogen and oxygen atoms in total. The van der Waals surface area contributed by atoms with Crippen LogP contribution < -0.4 is 15.4 Å². The van der Waals surface area contributed by atoms with Crippen molar-refractivity contribution in [3.63, 3.8) is 0 Å². The van der Waals surface area contributed by atoms with Crippen LogP contribution in [0.2, 0.25) is 0 Å². The Hall–Kier alpha value is -2.64. The molecule has 0 aliphatic rings. The molecule has 1 amide bonds. The van der Waals surface area contributed by atoms with Crippen molar-refractivity contribution >= 4 is 17.4 Å². The first-order valence-corrected chi connectivity index (χ1v) is 6.05. The number of amides is 1. The molecule has 0 spiro atoms. The van der Waals surface area contributed by atoms with Crippen LogP contribution in [-0.2, 0) is 4.79 Å². The fraction of sp³-hybridized carbons (Fsp3) is 0.231. The van der Waals surface area contributed by atoms with Crippen molar-refractivity contribution in [1.29, 1.82) is 0 Å². The minimum Gasteiger partial charge on any atom is -0.433 e. The first-order chi connectivity index (χ1) is 10.0. The molecular weight excluding hydrogens is 284 g/mol. The van der Waals surface area contributed by atoms with E-state index in [1.807, 2.05) is 0 Å². The fourth-order valence-corrected chi connectivity index (χ4v) is 1.60. The number of rotatable bonds is 6. The molecule has 1 aromatic heterocycles. The number of nitrogens with zero attached hydrogens (tertiary/aromatic N) is 1. The van der Waals surface area contributed by atoms with E-state index in [0.717, 1.165) is 0 Å². The van der Waals surface area contributed by atoms with Gasteiger partial charge in [-0.15, -0.1) is 0 Å². The molecule has 1 aromatic carbocycles. The highest BCUT2D eigenvalue weighted by molar-refractivity contribution is 5.93. The quantitative estimate of drug-likeness (QED) is 0.857. The number of carbonyl (C=O) groups is 1. The summed E-state index contributed by atoms with van der Waals surface area (Å²) in [6, 6.07) is 7.67. The van der Waals surface area contributed by atoms with Gasteiger partial charge in [-0.05, 0) is 19.1 Å². The number of ether oxygens (including phenoxy) is 1. The van der Waals surface area contributed by atoms with Crippen molar-refractivity contribution < 1.29 is 22.8 Å². The van der Waals surface area contributed by atoms with Gasteiger partial charge in [-0.3, -0.25) is 4.79 Å². The van der Waals surface area contributed by atoms with E-state index in [-0.39, 0.29) is 18.1 Å². The van der Waals surface area contributed by atoms with Crippen LogP contribution in [0.1, 0.15) is 5.76 Å². The Kier molecular flexibility index (Phi) is 4.70. The van der Waals surface area contributed by atoms with E-state index >= 15 is 0 Å². The van der Waals surface area contributed by atoms with Crippen LogP contribution in [0, 0.1) is 6.92 Å². The molecule has 2 N–H and O–H groups in total. The Labute approximate surface area is 119 Å². The second-order valence-corrected chi connectivity index (χ2v) is 4.10. The van der Waals surface area contributed by atoms with Gasteiger partial charge in [-0.2, -0.15) is 8.78 Å². The van der Waals surface area contributed by atoms with Crippen LogP contribution in [0.25, 0.3) is 0 Å². The highest BCUT2D eigenvalue weighted by Crippen LogP contribution is 2.25. The van der Waals surface area contributed by atoms with E-state index in [2.05, 4.69) is 20.5 Å². The van der Waals surface area contributed by atoms with Crippen LogP contribution in [0.4, 0.5) is 20.3 Å². The van der Waals surface area contributed by atoms with Crippen LogP contribution in [0.5, 0.6) is 5.75 Å². The normalized spacial score (nSPS) is 10.5. The number of anilines is 2. The summed E-state index contributed by atoms with van der Waals surface area (Å²) in [6.45, 7) is -1.37. The number of alkyl halides is 2. The van der Waals surface area contributed by atoms with Gasteiger partial charge < -0.3 is 19.9 Å². The van der Waals surface area contributed by atoms with Gasteiger partial charge >= 0.3 is 6.61 Å². The molecule has 2 rings (SSSR count). The largest absolute Gasteiger partial charge is 0.433 e. The van der Waals surface area contributed by atoms with Gasteiger partial charge in [0, 0.05) is 6.07 Å². The molecular formula is C13H13F2N3O3. The van der Waals surface area contributed by atoms with Gasteiger partial charge in [0.1, 0.15) is 11.5 Å². The Morgan fingerprint density at radius 3 is 2.86 bits per heavy atom. The van der Waals surface area contributed by atoms with E-state index < -0.39 is 12.5 Å². The maximum absolute atomic E-state index is 12.2. The molecule has 0 aliphatic heterocycles. The predicted molar refractivity (Wildman–Crippen MR) is 71.4 cm³/mol. The number of carbonyl (C=O) groups excluding carboxylic acids is 1. The standard InChI is InChI=1S/C13H13F2N3O3/c1-8-6-11(18-21-8)17-12(19)7-16-9-4-2-3-5-10(9)20-13(14)15/h2-6,13,16H,7H2,1H3,(H,17,18,19). The van der Waals surface area contributed by atoms with Crippen LogP contribution >= 0.6 is 0 Å². The number of aromatic nitrogens is 1. The van der Waals surface area contributed by atoms with Crippen LogP contribution in [-0.4, -0.2) is 24.2 Å². The van der Waals surface area contributed by atoms with E-state index in [4.69, 9.17) is 4.52 Å². The van der Waals surface area contributed by atoms with Gasteiger partial charge in [0.25, 0.3) is 0 Å². The van der Waals surface area contributed by atoms with Crippen molar-refractivity contribution in [2.24, 2.45) is 0 Å². The van der Waals surface area contributed by atoms with E-state index in [1.165, 1.54) is 12.1 Å². The van der Waals surface area contributed by atoms with E-state index in [9.17, 15) is 13.6 Å². The Bertz CT molecular complexity index is 616. The second-order valence-electron chi connectivity index (χ2n) is 4.10. The number of hydrogen-bond acceptors (Lipinski definition) is 5. The maximum Gasteiger partial charge on any atom is 0.387 e. The molecule has 0 saturated heterocycles. The summed E-state index contributed by atoms with van der Waals surface area (Å²) >= 11 is 0. The zero-order valence-corrected chi connectivity index (χ0v) is 11.1. The van der Waals surface area contributed by atoms with Crippen molar-refractivity contribution in [3.05, 3.63) is 36.1 Å². The minimum absolute atomic E-state index is 0.0300. The van der Waals surface area contributed by atoms with E-state index in [1.54, 1.807) is 25.1 Å². The third-order valence-electron chi connectivity index (χ3n) is 2.44. The highest BCUT2D eigenvalue weighted by Gasteiger charge is 2.11. The molecule has 0 atom stereocenters. The molecule has 0 saturated carbocycles. The molecule has 0 fully saturated rings. The number of hydrogen-bond donors (Lipinski definition) is 2. The molecule has 0 radical (unpaired) electrons. The summed E-state index contributed by atoms with van der Waals surface area (Å²) in [7, 11) is 0. The number of nitrogens with one attached hydrogen (secondary N) is 2. The third kappa shape index (κ3) is 4.44. The highest BCUT2D eigenvalue weighted by atomic mass is 19.3. The summed E-state index contributed by atoms with van der Waals surface area (Å²) in [6.07, 6.45) is 0. The van der Waals surface area contributed by atoms with Gasteiger partial charge in [0.05, 0.1) is 12.2 Å². The number of halogens is 2. The Morgan fingerprint density at radius 2 is 2.19 bits per heavy atom. The summed E-state index contributed by atoms with van der Waals surface area (Å²) in [5.74, 6) is 0.429. The molecule has 21 heavy (non-hydrogen) atoms. The smallest absolute Gasteiger partial charge is 0.387 e. The number of para-hydroxylation sites is 2. The fourth-order valence-electron chi connectivity index (χ4n) is 1.60. The van der Waals surface area contributed by atoms with Gasteiger partial charge in [0.15, 0.2) is 5.82 Å². The molecule has 0 aliphatic carbocycles. The van der Waals surface area contributed by atoms with Crippen molar-refractivity contribution in [2.45, 2.75) is 13.5 Å². The van der Waals surface area contributed by atoms with Gasteiger partial charge in [-0.25, -0.2) is 0 Å². The lowest BCUT2D eigenvalue weighted by molar-refractivity contribution is -0.114. The average Bonchev–Trinajstić information content (AvgIpc) is 2.82. The number of aryl methyl sites for hydroxylation is 1. The topological polar surface area (TPSA) is 76.4 Å². The maximum atomic E-state index is 12.2. The lowest BCUT2D eigenvalue weighted by Crippen LogP contribution is -2.22. The zero-order chi connectivity index (χ0) is 15.2. The van der Waals surface area contributed by atoms with Crippen LogP contribution in [0.3, 0.4) is 0 Å². The van der Waals surface area contributed by atoms with Crippen molar-refractivity contribution in [1.82, 2.24) is 5.16 Å².